The Morgan fingerprint density at radius 1 is 0.923 bits per heavy atom. The van der Waals surface area contributed by atoms with Crippen LogP contribution in [-0.2, 0) is 16.0 Å². The number of carbonyl (C=O) groups excluding carboxylic acids is 2. The van der Waals surface area contributed by atoms with Crippen molar-refractivity contribution in [2.45, 2.75) is 6.42 Å². The van der Waals surface area contributed by atoms with Crippen molar-refractivity contribution < 1.29 is 28.5 Å². The normalized spacial score (nSPS) is 10.0. The molecule has 138 valence electrons. The van der Waals surface area contributed by atoms with Gasteiger partial charge < -0.3 is 24.3 Å². The van der Waals surface area contributed by atoms with Gasteiger partial charge in [-0.25, -0.2) is 4.79 Å². The fourth-order valence-electron chi connectivity index (χ4n) is 2.47. The summed E-state index contributed by atoms with van der Waals surface area (Å²) < 4.78 is 20.5. The van der Waals surface area contributed by atoms with Gasteiger partial charge in [0.05, 0.1) is 40.4 Å². The van der Waals surface area contributed by atoms with Gasteiger partial charge in [-0.05, 0) is 35.9 Å². The molecule has 2 rings (SSSR count). The lowest BCUT2D eigenvalue weighted by molar-refractivity contribution is -0.115. The molecule has 0 saturated carbocycles. The van der Waals surface area contributed by atoms with E-state index in [1.807, 2.05) is 0 Å². The zero-order chi connectivity index (χ0) is 19.1. The number of nitrogens with one attached hydrogen (secondary N) is 1. The van der Waals surface area contributed by atoms with Gasteiger partial charge in [0.1, 0.15) is 0 Å². The topological polar surface area (TPSA) is 83.1 Å². The average Bonchev–Trinajstić information content (AvgIpc) is 2.66. The summed E-state index contributed by atoms with van der Waals surface area (Å²) in [6.07, 6.45) is 0.0964. The van der Waals surface area contributed by atoms with E-state index in [9.17, 15) is 9.59 Å². The third-order valence-corrected chi connectivity index (χ3v) is 3.66. The molecule has 0 aliphatic heterocycles. The number of hydrogen-bond acceptors (Lipinski definition) is 6. The molecule has 0 aliphatic rings. The van der Waals surface area contributed by atoms with Gasteiger partial charge in [0.2, 0.25) is 11.7 Å². The van der Waals surface area contributed by atoms with Gasteiger partial charge in [0.25, 0.3) is 0 Å². The summed E-state index contributed by atoms with van der Waals surface area (Å²) in [5.74, 6) is 0.696. The van der Waals surface area contributed by atoms with Gasteiger partial charge in [-0.15, -0.1) is 0 Å². The van der Waals surface area contributed by atoms with Crippen LogP contribution in [0.3, 0.4) is 0 Å². The Labute approximate surface area is 151 Å². The summed E-state index contributed by atoms with van der Waals surface area (Å²) in [4.78, 5) is 23.9. The van der Waals surface area contributed by atoms with Crippen LogP contribution in [0.4, 0.5) is 5.69 Å². The minimum absolute atomic E-state index is 0.0964. The third-order valence-electron chi connectivity index (χ3n) is 3.66. The number of amides is 1. The summed E-state index contributed by atoms with van der Waals surface area (Å²) in [5.41, 5.74) is 1.56. The largest absolute Gasteiger partial charge is 0.493 e. The minimum atomic E-state index is -0.467. The Bertz CT molecular complexity index is 777. The maximum atomic E-state index is 12.3. The monoisotopic (exact) mass is 359 g/mol. The maximum absolute atomic E-state index is 12.3. The molecular weight excluding hydrogens is 338 g/mol. The Morgan fingerprint density at radius 2 is 1.58 bits per heavy atom. The van der Waals surface area contributed by atoms with Crippen molar-refractivity contribution in [1.82, 2.24) is 0 Å². The number of esters is 1. The third kappa shape index (κ3) is 4.44. The number of methoxy groups -OCH3 is 4. The standard InChI is InChI=1S/C19H21NO6/c1-23-15-8-12(9-16(24-2)18(15)25-3)10-17(21)20-14-7-5-6-13(11-14)19(22)26-4/h5-9,11H,10H2,1-4H3,(H,20,21). The van der Waals surface area contributed by atoms with Crippen molar-refractivity contribution in [3.8, 4) is 17.2 Å². The highest BCUT2D eigenvalue weighted by molar-refractivity contribution is 5.95. The van der Waals surface area contributed by atoms with E-state index in [1.54, 1.807) is 36.4 Å². The molecule has 0 saturated heterocycles. The zero-order valence-electron chi connectivity index (χ0n) is 15.1. The zero-order valence-corrected chi connectivity index (χ0v) is 15.1. The maximum Gasteiger partial charge on any atom is 0.337 e. The van der Waals surface area contributed by atoms with E-state index in [0.29, 0.717) is 34.1 Å². The number of hydrogen-bond donors (Lipinski definition) is 1. The van der Waals surface area contributed by atoms with Crippen molar-refractivity contribution in [2.75, 3.05) is 33.8 Å². The van der Waals surface area contributed by atoms with Gasteiger partial charge in [0.15, 0.2) is 11.5 Å². The van der Waals surface area contributed by atoms with Crippen LogP contribution in [0.5, 0.6) is 17.2 Å². The summed E-state index contributed by atoms with van der Waals surface area (Å²) >= 11 is 0. The van der Waals surface area contributed by atoms with Crippen LogP contribution in [0.15, 0.2) is 36.4 Å². The van der Waals surface area contributed by atoms with Crippen molar-refractivity contribution in [1.29, 1.82) is 0 Å². The van der Waals surface area contributed by atoms with Crippen LogP contribution in [0.25, 0.3) is 0 Å². The van der Waals surface area contributed by atoms with Crippen LogP contribution >= 0.6 is 0 Å². The van der Waals surface area contributed by atoms with Crippen LogP contribution < -0.4 is 19.5 Å². The van der Waals surface area contributed by atoms with Gasteiger partial charge >= 0.3 is 5.97 Å². The SMILES string of the molecule is COC(=O)c1cccc(NC(=O)Cc2cc(OC)c(OC)c(OC)c2)c1. The number of anilines is 1. The van der Waals surface area contributed by atoms with Crippen LogP contribution in [0.2, 0.25) is 0 Å². The first-order valence-corrected chi connectivity index (χ1v) is 7.79. The van der Waals surface area contributed by atoms with E-state index < -0.39 is 5.97 Å². The molecule has 0 fully saturated rings. The molecule has 0 bridgehead atoms. The molecule has 7 nitrogen and oxygen atoms in total. The molecule has 0 atom stereocenters. The average molecular weight is 359 g/mol. The summed E-state index contributed by atoms with van der Waals surface area (Å²) in [6.45, 7) is 0. The van der Waals surface area contributed by atoms with Crippen LogP contribution in [0.1, 0.15) is 15.9 Å². The Kier molecular flexibility index (Phi) is 6.43. The van der Waals surface area contributed by atoms with E-state index in [2.05, 4.69) is 10.1 Å². The summed E-state index contributed by atoms with van der Waals surface area (Å²) in [5, 5.41) is 2.75. The number of benzene rings is 2. The molecule has 1 amide bonds. The fraction of sp³-hybridized carbons (Fsp3) is 0.263. The van der Waals surface area contributed by atoms with E-state index >= 15 is 0 Å². The van der Waals surface area contributed by atoms with Crippen molar-refractivity contribution in [3.63, 3.8) is 0 Å². The first-order valence-electron chi connectivity index (χ1n) is 7.79. The molecule has 26 heavy (non-hydrogen) atoms. The highest BCUT2D eigenvalue weighted by atomic mass is 16.5. The summed E-state index contributed by atoms with van der Waals surface area (Å²) in [7, 11) is 5.85. The molecule has 2 aromatic carbocycles. The molecule has 0 aromatic heterocycles. The molecule has 0 spiro atoms. The van der Waals surface area contributed by atoms with Crippen molar-refractivity contribution >= 4 is 17.6 Å². The minimum Gasteiger partial charge on any atom is -0.493 e. The lowest BCUT2D eigenvalue weighted by atomic mass is 10.1. The number of rotatable bonds is 7. The molecule has 0 heterocycles. The van der Waals surface area contributed by atoms with E-state index in [0.717, 1.165) is 0 Å². The number of ether oxygens (including phenoxy) is 4. The number of carbonyl (C=O) groups is 2. The van der Waals surface area contributed by atoms with Crippen LogP contribution in [0, 0.1) is 0 Å². The van der Waals surface area contributed by atoms with Gasteiger partial charge in [0, 0.05) is 5.69 Å². The second-order valence-electron chi connectivity index (χ2n) is 5.33. The smallest absolute Gasteiger partial charge is 0.337 e. The summed E-state index contributed by atoms with van der Waals surface area (Å²) in [6, 6.07) is 9.96. The first kappa shape index (κ1) is 19.1. The molecule has 0 aliphatic carbocycles. The highest BCUT2D eigenvalue weighted by Crippen LogP contribution is 2.38. The van der Waals surface area contributed by atoms with Gasteiger partial charge in [-0.1, -0.05) is 6.07 Å². The van der Waals surface area contributed by atoms with E-state index in [-0.39, 0.29) is 12.3 Å². The molecule has 7 heteroatoms. The van der Waals surface area contributed by atoms with Gasteiger partial charge in [-0.3, -0.25) is 4.79 Å². The Hall–Kier alpha value is -3.22. The molecule has 2 aromatic rings. The fourth-order valence-corrected chi connectivity index (χ4v) is 2.47. The van der Waals surface area contributed by atoms with E-state index in [4.69, 9.17) is 14.2 Å². The second-order valence-corrected chi connectivity index (χ2v) is 5.33. The van der Waals surface area contributed by atoms with Crippen molar-refractivity contribution in [2.24, 2.45) is 0 Å². The second kappa shape index (κ2) is 8.75. The lowest BCUT2D eigenvalue weighted by Gasteiger charge is -2.14. The van der Waals surface area contributed by atoms with Crippen molar-refractivity contribution in [3.05, 3.63) is 47.5 Å². The highest BCUT2D eigenvalue weighted by Gasteiger charge is 2.15. The Balaban J connectivity index is 2.16. The van der Waals surface area contributed by atoms with E-state index in [1.165, 1.54) is 28.4 Å². The molecular formula is C19H21NO6. The molecule has 0 radical (unpaired) electrons. The molecule has 0 unspecified atom stereocenters. The quantitative estimate of drug-likeness (QED) is 0.766. The predicted octanol–water partition coefficient (Wildman–Crippen LogP) is 2.68. The molecule has 1 N–H and O–H groups in total. The Morgan fingerprint density at radius 3 is 2.12 bits per heavy atom. The van der Waals surface area contributed by atoms with Gasteiger partial charge in [-0.2, -0.15) is 0 Å². The lowest BCUT2D eigenvalue weighted by Crippen LogP contribution is -2.15. The van der Waals surface area contributed by atoms with Crippen LogP contribution in [-0.4, -0.2) is 40.3 Å². The first-order chi connectivity index (χ1) is 12.5. The predicted molar refractivity (Wildman–Crippen MR) is 96.2 cm³/mol.